The maximum Gasteiger partial charge on any atom is 0.0240 e. The summed E-state index contributed by atoms with van der Waals surface area (Å²) in [5.41, 5.74) is 12.6. The summed E-state index contributed by atoms with van der Waals surface area (Å²) in [5.74, 6) is 0. The van der Waals surface area contributed by atoms with Gasteiger partial charge in [-0.05, 0) is 128 Å². The van der Waals surface area contributed by atoms with E-state index in [0.29, 0.717) is 12.1 Å². The van der Waals surface area contributed by atoms with E-state index in [4.69, 9.17) is 0 Å². The third-order valence-corrected chi connectivity index (χ3v) is 13.8. The molecule has 4 nitrogen and oxygen atoms in total. The Morgan fingerprint density at radius 2 is 0.815 bits per heavy atom. The van der Waals surface area contributed by atoms with E-state index in [1.807, 2.05) is 0 Å². The van der Waals surface area contributed by atoms with E-state index in [-0.39, 0.29) is 0 Å². The second-order valence-corrected chi connectivity index (χ2v) is 18.9. The molecule has 65 heavy (non-hydrogen) atoms. The topological polar surface area (TPSA) is 21.8 Å². The van der Waals surface area contributed by atoms with E-state index in [0.717, 1.165) is 32.7 Å². The summed E-state index contributed by atoms with van der Waals surface area (Å²) in [4.78, 5) is 7.95. The van der Waals surface area contributed by atoms with Gasteiger partial charge in [0.1, 0.15) is 0 Å². The highest BCUT2D eigenvalue weighted by Gasteiger charge is 2.25. The van der Waals surface area contributed by atoms with Crippen LogP contribution in [0.2, 0.25) is 0 Å². The third-order valence-electron chi connectivity index (χ3n) is 13.8. The van der Waals surface area contributed by atoms with Crippen molar-refractivity contribution in [3.8, 4) is 11.1 Å². The molecule has 8 rings (SSSR count). The number of piperidine rings is 2. The van der Waals surface area contributed by atoms with E-state index in [1.54, 1.807) is 0 Å². The van der Waals surface area contributed by atoms with Crippen LogP contribution in [0.15, 0.2) is 164 Å². The van der Waals surface area contributed by atoms with Gasteiger partial charge < -0.3 is 5.32 Å². The zero-order valence-corrected chi connectivity index (χ0v) is 39.9. The minimum absolute atomic E-state index is 0.607. The lowest BCUT2D eigenvalue weighted by Gasteiger charge is -2.39. The van der Waals surface area contributed by atoms with Crippen LogP contribution in [-0.2, 0) is 45.6 Å². The first-order valence-corrected chi connectivity index (χ1v) is 25.4. The maximum absolute atomic E-state index is 3.77. The second kappa shape index (κ2) is 27.0. The molecule has 4 heteroatoms. The van der Waals surface area contributed by atoms with Gasteiger partial charge in [0.15, 0.2) is 0 Å². The van der Waals surface area contributed by atoms with E-state index >= 15 is 0 Å². The molecule has 2 saturated heterocycles. The molecule has 0 unspecified atom stereocenters. The average Bonchev–Trinajstić information content (AvgIpc) is 3.36. The zero-order valence-electron chi connectivity index (χ0n) is 39.9. The molecule has 0 bridgehead atoms. The zero-order chi connectivity index (χ0) is 44.7. The maximum atomic E-state index is 3.77. The van der Waals surface area contributed by atoms with Gasteiger partial charge in [-0.15, -0.1) is 0 Å². The number of nitrogens with one attached hydrogen (secondary N) is 1. The predicted octanol–water partition coefficient (Wildman–Crippen LogP) is 13.9. The molecule has 2 heterocycles. The molecule has 0 atom stereocenters. The molecule has 342 valence electrons. The van der Waals surface area contributed by atoms with Gasteiger partial charge in [0.05, 0.1) is 0 Å². The smallest absolute Gasteiger partial charge is 0.0240 e. The van der Waals surface area contributed by atoms with Crippen LogP contribution in [0.25, 0.3) is 11.1 Å². The number of hydrogen-bond acceptors (Lipinski definition) is 4. The molecule has 0 amide bonds. The van der Waals surface area contributed by atoms with Crippen molar-refractivity contribution in [3.63, 3.8) is 0 Å². The van der Waals surface area contributed by atoms with E-state index in [9.17, 15) is 0 Å². The largest absolute Gasteiger partial charge is 0.310 e. The summed E-state index contributed by atoms with van der Waals surface area (Å²) < 4.78 is 0. The van der Waals surface area contributed by atoms with Crippen LogP contribution in [0.5, 0.6) is 0 Å². The first-order chi connectivity index (χ1) is 32.1. The Labute approximate surface area is 394 Å². The van der Waals surface area contributed by atoms with Crippen molar-refractivity contribution in [2.45, 2.75) is 136 Å². The summed E-state index contributed by atoms with van der Waals surface area (Å²) >= 11 is 0. The Morgan fingerprint density at radius 1 is 0.415 bits per heavy atom. The molecule has 2 aliphatic rings. The van der Waals surface area contributed by atoms with Crippen molar-refractivity contribution in [2.75, 3.05) is 26.2 Å². The van der Waals surface area contributed by atoms with Crippen LogP contribution in [-0.4, -0.2) is 53.0 Å². The Balaban J connectivity index is 0.000000210. The van der Waals surface area contributed by atoms with Gasteiger partial charge in [-0.1, -0.05) is 203 Å². The summed E-state index contributed by atoms with van der Waals surface area (Å²) in [6.45, 7) is 14.4. The number of aryl methyl sites for hydroxylation is 2. The number of unbranched alkanes of at least 4 members (excludes halogenated alkanes) is 4. The lowest BCUT2D eigenvalue weighted by Crippen LogP contribution is -2.44. The van der Waals surface area contributed by atoms with Gasteiger partial charge in [-0.3, -0.25) is 14.7 Å². The minimum Gasteiger partial charge on any atom is -0.310 e. The molecule has 6 aromatic rings. The Morgan fingerprint density at radius 3 is 1.29 bits per heavy atom. The fourth-order valence-corrected chi connectivity index (χ4v) is 9.69. The van der Waals surface area contributed by atoms with Gasteiger partial charge in [-0.2, -0.15) is 0 Å². The van der Waals surface area contributed by atoms with Gasteiger partial charge >= 0.3 is 0 Å². The Hall–Kier alpha value is -4.84. The summed E-state index contributed by atoms with van der Waals surface area (Å²) in [6, 6.07) is 61.7. The van der Waals surface area contributed by atoms with Crippen molar-refractivity contribution in [3.05, 3.63) is 203 Å². The molecule has 0 aromatic heterocycles. The molecular weight excluding hydrogens is 789 g/mol. The molecule has 0 aliphatic carbocycles. The van der Waals surface area contributed by atoms with Crippen molar-refractivity contribution < 1.29 is 0 Å². The first-order valence-electron chi connectivity index (χ1n) is 25.4. The van der Waals surface area contributed by atoms with Gasteiger partial charge in [-0.25, -0.2) is 0 Å². The van der Waals surface area contributed by atoms with Gasteiger partial charge in [0.25, 0.3) is 0 Å². The molecule has 0 spiro atoms. The van der Waals surface area contributed by atoms with Crippen LogP contribution in [0.1, 0.15) is 117 Å². The predicted molar refractivity (Wildman–Crippen MR) is 277 cm³/mol. The van der Waals surface area contributed by atoms with Crippen LogP contribution >= 0.6 is 0 Å². The number of nitrogens with zero attached hydrogens (tertiary/aromatic N) is 3. The highest BCUT2D eigenvalue weighted by Crippen LogP contribution is 2.25. The van der Waals surface area contributed by atoms with Gasteiger partial charge in [0.2, 0.25) is 0 Å². The van der Waals surface area contributed by atoms with E-state index < -0.39 is 0 Å². The lowest BCUT2D eigenvalue weighted by atomic mass is 9.99. The van der Waals surface area contributed by atoms with Gasteiger partial charge in [0, 0.05) is 44.8 Å². The summed E-state index contributed by atoms with van der Waals surface area (Å²) in [6.07, 6.45) is 15.2. The van der Waals surface area contributed by atoms with Crippen molar-refractivity contribution >= 4 is 0 Å². The van der Waals surface area contributed by atoms with Crippen LogP contribution in [0, 0.1) is 0 Å². The normalized spacial score (nSPS) is 15.2. The average molecular weight is 867 g/mol. The fourth-order valence-electron chi connectivity index (χ4n) is 9.69. The number of benzene rings is 6. The lowest BCUT2D eigenvalue weighted by molar-refractivity contribution is 0.0933. The summed E-state index contributed by atoms with van der Waals surface area (Å²) in [5, 5.41) is 3.77. The monoisotopic (exact) mass is 867 g/mol. The third kappa shape index (κ3) is 16.5. The molecule has 1 N–H and O–H groups in total. The molecule has 6 aromatic carbocycles. The highest BCUT2D eigenvalue weighted by molar-refractivity contribution is 5.63. The minimum atomic E-state index is 0.607. The Bertz CT molecular complexity index is 2140. The van der Waals surface area contributed by atoms with E-state index in [2.05, 4.69) is 198 Å². The van der Waals surface area contributed by atoms with Crippen molar-refractivity contribution in [2.24, 2.45) is 0 Å². The standard InChI is InChI=1S/C37H44N2.C24H34N2/c1-2-3-6-11-31-16-18-33(19-17-31)29-39(30-34-20-22-36(23-21-34)35-14-9-5-10-15-35)37-24-26-38(27-25-37)28-32-12-7-4-8-13-32;1-2-3-5-8-21-11-13-22(14-12-21)19-25-24-15-17-26(18-16-24)20-23-9-6-4-7-10-23/h4-5,7-10,12-23,37H,2-3,6,11,24-30H2,1H3;4,6-7,9-14,24-25H,2-3,5,8,15-20H2,1H3. The fraction of sp³-hybridized carbons (Fsp3) is 0.410. The van der Waals surface area contributed by atoms with Crippen molar-refractivity contribution in [1.29, 1.82) is 0 Å². The van der Waals surface area contributed by atoms with Crippen LogP contribution < -0.4 is 5.32 Å². The molecular formula is C61H78N4. The number of hydrogen-bond donors (Lipinski definition) is 1. The number of likely N-dealkylation sites (tertiary alicyclic amines) is 2. The van der Waals surface area contributed by atoms with E-state index in [1.165, 1.54) is 153 Å². The number of rotatable bonds is 21. The molecule has 2 aliphatic heterocycles. The SMILES string of the molecule is CCCCCc1ccc(CN(Cc2ccc(-c3ccccc3)cc2)C2CCN(Cc3ccccc3)CC2)cc1.CCCCCc1ccc(CNC2CCN(Cc3ccccc3)CC2)cc1. The quantitative estimate of drug-likeness (QED) is 0.0728. The summed E-state index contributed by atoms with van der Waals surface area (Å²) in [7, 11) is 0. The van der Waals surface area contributed by atoms with Crippen molar-refractivity contribution in [1.82, 2.24) is 20.0 Å². The Kier molecular flexibility index (Phi) is 19.9. The van der Waals surface area contributed by atoms with Crippen LogP contribution in [0.3, 0.4) is 0 Å². The second-order valence-electron chi connectivity index (χ2n) is 18.9. The first kappa shape index (κ1) is 48.1. The molecule has 2 fully saturated rings. The van der Waals surface area contributed by atoms with Crippen LogP contribution in [0.4, 0.5) is 0 Å². The molecule has 0 saturated carbocycles. The molecule has 0 radical (unpaired) electrons. The highest BCUT2D eigenvalue weighted by atomic mass is 15.2.